The summed E-state index contributed by atoms with van der Waals surface area (Å²) in [5, 5.41) is 14.0. The lowest BCUT2D eigenvalue weighted by molar-refractivity contribution is -0.384. The fourth-order valence-electron chi connectivity index (χ4n) is 6.89. The Morgan fingerprint density at radius 2 is 1.23 bits per heavy atom. The Hall–Kier alpha value is -5.64. The second kappa shape index (κ2) is 15.8. The average Bonchev–Trinajstić information content (AvgIpc) is 3.52. The minimum Gasteiger partial charge on any atom is -0.344 e. The number of aryl methyl sites for hydroxylation is 1. The van der Waals surface area contributed by atoms with Crippen molar-refractivity contribution in [2.75, 3.05) is 25.6 Å². The van der Waals surface area contributed by atoms with Crippen molar-refractivity contribution in [2.24, 2.45) is 18.5 Å². The van der Waals surface area contributed by atoms with Gasteiger partial charge < -0.3 is 16.0 Å². The first-order chi connectivity index (χ1) is 26.1. The summed E-state index contributed by atoms with van der Waals surface area (Å²) in [5.74, 6) is -1.81. The van der Waals surface area contributed by atoms with E-state index in [2.05, 4.69) is 0 Å². The number of para-hydroxylation sites is 1. The number of nitrogens with zero attached hydrogens (tertiary/aromatic N) is 4. The molecule has 2 aliphatic heterocycles. The molecule has 0 bridgehead atoms. The summed E-state index contributed by atoms with van der Waals surface area (Å²) in [6.07, 6.45) is 2.32. The van der Waals surface area contributed by atoms with Gasteiger partial charge in [-0.1, -0.05) is 30.3 Å². The minimum absolute atomic E-state index is 0.00348. The van der Waals surface area contributed by atoms with Gasteiger partial charge >= 0.3 is 0 Å². The summed E-state index contributed by atoms with van der Waals surface area (Å²) in [4.78, 5) is 66.7. The lowest BCUT2D eigenvalue weighted by atomic mass is 9.93. The summed E-state index contributed by atoms with van der Waals surface area (Å²) < 4.78 is 53.7. The van der Waals surface area contributed by atoms with Crippen LogP contribution in [0, 0.1) is 10.1 Å². The maximum absolute atomic E-state index is 13.6. The summed E-state index contributed by atoms with van der Waals surface area (Å²) >= 11 is 0. The van der Waals surface area contributed by atoms with Crippen LogP contribution in [0.2, 0.25) is 0 Å². The number of rotatable bonds is 9. The van der Waals surface area contributed by atoms with Gasteiger partial charge in [-0.2, -0.15) is 16.8 Å². The maximum Gasteiger partial charge on any atom is 0.270 e. The number of hydrogen-bond donors (Lipinski definition) is 4. The first-order valence-corrected chi connectivity index (χ1v) is 20.6. The highest BCUT2D eigenvalue weighted by Crippen LogP contribution is 2.37. The Balaban J connectivity index is 0.000000536. The van der Waals surface area contributed by atoms with Crippen molar-refractivity contribution in [1.29, 1.82) is 0 Å². The summed E-state index contributed by atoms with van der Waals surface area (Å²) in [6, 6.07) is 17.8. The molecule has 4 amide bonds. The molecule has 1 aromatic heterocycles. The zero-order valence-corrected chi connectivity index (χ0v) is 31.9. The third-order valence-corrected chi connectivity index (χ3v) is 9.19. The molecule has 3 heterocycles. The molecule has 0 radical (unpaired) electrons. The highest BCUT2D eigenvalue weighted by Gasteiger charge is 2.38. The maximum atomic E-state index is 13.6. The molecule has 2 atom stereocenters. The van der Waals surface area contributed by atoms with Crippen LogP contribution in [-0.2, 0) is 27.3 Å². The molecule has 6 N–H and O–H groups in total. The second-order valence-electron chi connectivity index (χ2n) is 13.4. The standard InChI is InChI=1S/C34H30N6O6.2CH4O3S/c1-37-26-8-3-2-6-22(26)29-27(37)10-9-24-30(29)34(44)39(32(24)42)14-12-20(36)16-19(35)11-13-38-31(41)23-7-4-5-18-15-21(40(45)46)17-25(28(18)23)33(38)43;2*1-5(2,3)4/h2-10,15,17,19-20H,11-14,16,35-36H2,1H3;2*1H3,(H,2,3,4). The monoisotopic (exact) mass is 810 g/mol. The molecule has 296 valence electrons. The molecule has 5 aromatic rings. The van der Waals surface area contributed by atoms with E-state index < -0.39 is 49.1 Å². The van der Waals surface area contributed by atoms with Gasteiger partial charge in [-0.3, -0.25) is 48.2 Å². The number of aromatic nitrogens is 1. The quantitative estimate of drug-likeness (QED) is 0.0721. The Kier molecular flexibility index (Phi) is 11.7. The number of carbonyl (C=O) groups is 4. The van der Waals surface area contributed by atoms with Crippen LogP contribution in [0.25, 0.3) is 32.6 Å². The molecule has 2 unspecified atom stereocenters. The molecule has 0 fully saturated rings. The number of carbonyl (C=O) groups excluding carboxylic acids is 4. The molecule has 4 aromatic carbocycles. The van der Waals surface area contributed by atoms with Crippen LogP contribution in [0.3, 0.4) is 0 Å². The lowest BCUT2D eigenvalue weighted by Crippen LogP contribution is -2.43. The predicted octanol–water partition coefficient (Wildman–Crippen LogP) is 3.12. The number of imide groups is 2. The van der Waals surface area contributed by atoms with Crippen molar-refractivity contribution in [3.8, 4) is 0 Å². The van der Waals surface area contributed by atoms with E-state index in [1.54, 1.807) is 24.3 Å². The van der Waals surface area contributed by atoms with Gasteiger partial charge in [0.1, 0.15) is 0 Å². The van der Waals surface area contributed by atoms with Crippen LogP contribution in [0.15, 0.2) is 66.7 Å². The van der Waals surface area contributed by atoms with Crippen molar-refractivity contribution in [3.05, 3.63) is 99.1 Å². The molecule has 0 saturated heterocycles. The van der Waals surface area contributed by atoms with Gasteiger partial charge in [0.05, 0.1) is 34.1 Å². The van der Waals surface area contributed by atoms with Crippen LogP contribution in [0.4, 0.5) is 5.69 Å². The Labute approximate surface area is 320 Å². The zero-order chi connectivity index (χ0) is 41.4. The van der Waals surface area contributed by atoms with Crippen molar-refractivity contribution in [1.82, 2.24) is 14.4 Å². The summed E-state index contributed by atoms with van der Waals surface area (Å²) in [7, 11) is -5.40. The fraction of sp³-hybridized carbons (Fsp3) is 0.278. The molecule has 18 nitrogen and oxygen atoms in total. The molecule has 0 aliphatic carbocycles. The van der Waals surface area contributed by atoms with Gasteiger partial charge in [0.15, 0.2) is 0 Å². The topological polar surface area (TPSA) is 284 Å². The fourth-order valence-corrected chi connectivity index (χ4v) is 6.89. The van der Waals surface area contributed by atoms with Crippen molar-refractivity contribution in [3.63, 3.8) is 0 Å². The number of non-ortho nitro benzene ring substituents is 1. The van der Waals surface area contributed by atoms with Crippen LogP contribution >= 0.6 is 0 Å². The molecule has 56 heavy (non-hydrogen) atoms. The van der Waals surface area contributed by atoms with Gasteiger partial charge in [-0.15, -0.1) is 0 Å². The molecule has 20 heteroatoms. The first-order valence-electron chi connectivity index (χ1n) is 16.9. The number of benzene rings is 4. The molecular weight excluding hydrogens is 773 g/mol. The van der Waals surface area contributed by atoms with E-state index in [-0.39, 0.29) is 42.6 Å². The normalized spacial score (nSPS) is 15.1. The van der Waals surface area contributed by atoms with Gasteiger partial charge in [0.2, 0.25) is 0 Å². The Bertz CT molecular complexity index is 2630. The number of hydrogen-bond acceptors (Lipinski definition) is 12. The molecule has 7 rings (SSSR count). The summed E-state index contributed by atoms with van der Waals surface area (Å²) in [5.41, 5.74) is 15.6. The van der Waals surface area contributed by atoms with E-state index in [1.165, 1.54) is 17.0 Å². The predicted molar refractivity (Wildman–Crippen MR) is 207 cm³/mol. The van der Waals surface area contributed by atoms with Crippen LogP contribution in [0.5, 0.6) is 0 Å². The largest absolute Gasteiger partial charge is 0.344 e. The lowest BCUT2D eigenvalue weighted by Gasteiger charge is -2.28. The van der Waals surface area contributed by atoms with Crippen LogP contribution < -0.4 is 11.5 Å². The van der Waals surface area contributed by atoms with E-state index in [0.717, 1.165) is 26.7 Å². The molecular formula is C36H38N6O12S2. The third-order valence-electron chi connectivity index (χ3n) is 9.19. The van der Waals surface area contributed by atoms with Crippen molar-refractivity contribution >= 4 is 82.1 Å². The van der Waals surface area contributed by atoms with Gasteiger partial charge in [0, 0.05) is 77.1 Å². The van der Waals surface area contributed by atoms with Crippen molar-refractivity contribution < 1.29 is 50.0 Å². The Morgan fingerprint density at radius 3 is 1.82 bits per heavy atom. The SMILES string of the molecule is CS(=O)(=O)O.CS(=O)(=O)O.Cn1c2ccccc2c2c3c(ccc21)C(=O)N(CCC(N)CC(N)CCN1C(=O)c2cccc4cc([N+](=O)[O-])cc(c24)C1=O)C3=O. The van der Waals surface area contributed by atoms with Gasteiger partial charge in [-0.05, 0) is 48.9 Å². The van der Waals surface area contributed by atoms with Gasteiger partial charge in [-0.25, -0.2) is 0 Å². The van der Waals surface area contributed by atoms with Gasteiger partial charge in [0.25, 0.3) is 49.6 Å². The number of fused-ring (bicyclic) bond motifs is 5. The number of nitrogens with two attached hydrogens (primary N) is 2. The van der Waals surface area contributed by atoms with E-state index in [4.69, 9.17) is 20.6 Å². The number of amides is 4. The zero-order valence-electron chi connectivity index (χ0n) is 30.3. The molecule has 0 saturated carbocycles. The molecule has 0 spiro atoms. The van der Waals surface area contributed by atoms with E-state index in [9.17, 15) is 46.1 Å². The Morgan fingerprint density at radius 1 is 0.696 bits per heavy atom. The van der Waals surface area contributed by atoms with E-state index >= 15 is 0 Å². The van der Waals surface area contributed by atoms with E-state index in [0.29, 0.717) is 52.8 Å². The van der Waals surface area contributed by atoms with E-state index in [1.807, 2.05) is 41.9 Å². The smallest absolute Gasteiger partial charge is 0.270 e. The minimum atomic E-state index is -3.67. The molecule has 2 aliphatic rings. The van der Waals surface area contributed by atoms with Crippen molar-refractivity contribution in [2.45, 2.75) is 31.3 Å². The third kappa shape index (κ3) is 8.91. The highest BCUT2D eigenvalue weighted by molar-refractivity contribution is 7.85. The average molecular weight is 811 g/mol. The van der Waals surface area contributed by atoms with Crippen LogP contribution in [-0.4, -0.2) is 107 Å². The summed E-state index contributed by atoms with van der Waals surface area (Å²) in [6.45, 7) is 0.124. The number of nitro benzene ring substituents is 1. The highest BCUT2D eigenvalue weighted by atomic mass is 32.2. The second-order valence-corrected chi connectivity index (χ2v) is 16.4. The van der Waals surface area contributed by atoms with Crippen LogP contribution in [0.1, 0.15) is 60.7 Å². The first kappa shape index (κ1) is 41.5. The number of nitro groups is 1.